The SMILES string of the molecule is Cc1ccc(Cc2c(C)nc3c(C4CC4)c(C(F)(F)F)[nH]n3c2=O)cc1. The second-order valence-corrected chi connectivity index (χ2v) is 6.97. The molecule has 1 N–H and O–H groups in total. The maximum atomic E-state index is 13.4. The van der Waals surface area contributed by atoms with Gasteiger partial charge < -0.3 is 0 Å². The lowest BCUT2D eigenvalue weighted by Gasteiger charge is -2.07. The van der Waals surface area contributed by atoms with E-state index in [1.165, 1.54) is 0 Å². The van der Waals surface area contributed by atoms with Crippen LogP contribution in [-0.4, -0.2) is 14.6 Å². The van der Waals surface area contributed by atoms with E-state index in [0.717, 1.165) is 15.6 Å². The predicted octanol–water partition coefficient (Wildman–Crippen LogP) is 4.13. The number of aryl methyl sites for hydroxylation is 2. The summed E-state index contributed by atoms with van der Waals surface area (Å²) >= 11 is 0. The Morgan fingerprint density at radius 1 is 1.19 bits per heavy atom. The normalized spacial score (nSPS) is 15.0. The zero-order chi connectivity index (χ0) is 18.6. The van der Waals surface area contributed by atoms with Gasteiger partial charge in [-0.15, -0.1) is 0 Å². The predicted molar refractivity (Wildman–Crippen MR) is 91.5 cm³/mol. The number of aromatic nitrogens is 3. The van der Waals surface area contributed by atoms with Crippen LogP contribution in [0.25, 0.3) is 5.65 Å². The standard InChI is InChI=1S/C19H18F3N3O/c1-10-3-5-12(6-4-10)9-14-11(2)23-17-15(13-7-8-13)16(19(20,21)22)24-25(17)18(14)26/h3-6,13,24H,7-9H2,1-2H3. The van der Waals surface area contributed by atoms with E-state index in [4.69, 9.17) is 0 Å². The Bertz CT molecular complexity index is 1040. The van der Waals surface area contributed by atoms with Crippen LogP contribution in [0.1, 0.15) is 52.4 Å². The molecule has 0 radical (unpaired) electrons. The number of alkyl halides is 3. The van der Waals surface area contributed by atoms with Crippen LogP contribution in [0.3, 0.4) is 0 Å². The van der Waals surface area contributed by atoms with E-state index in [1.54, 1.807) is 6.92 Å². The molecular formula is C19H18F3N3O. The van der Waals surface area contributed by atoms with Crippen LogP contribution in [0.4, 0.5) is 13.2 Å². The molecular weight excluding hydrogens is 343 g/mol. The van der Waals surface area contributed by atoms with Gasteiger partial charge in [-0.1, -0.05) is 29.8 Å². The Labute approximate surface area is 147 Å². The van der Waals surface area contributed by atoms with Gasteiger partial charge in [-0.3, -0.25) is 9.89 Å². The van der Waals surface area contributed by atoms with Crippen LogP contribution in [0, 0.1) is 13.8 Å². The Balaban J connectivity index is 1.89. The number of benzene rings is 1. The van der Waals surface area contributed by atoms with Crippen molar-refractivity contribution in [3.8, 4) is 0 Å². The molecule has 26 heavy (non-hydrogen) atoms. The molecule has 0 spiro atoms. The van der Waals surface area contributed by atoms with E-state index in [0.29, 0.717) is 30.5 Å². The Hall–Kier alpha value is -2.57. The van der Waals surface area contributed by atoms with Crippen molar-refractivity contribution >= 4 is 5.65 Å². The molecule has 136 valence electrons. The quantitative estimate of drug-likeness (QED) is 0.763. The van der Waals surface area contributed by atoms with Crippen molar-refractivity contribution in [1.82, 2.24) is 14.6 Å². The first kappa shape index (κ1) is 16.9. The number of nitrogens with one attached hydrogen (secondary N) is 1. The summed E-state index contributed by atoms with van der Waals surface area (Å²) in [5.41, 5.74) is 1.82. The van der Waals surface area contributed by atoms with Gasteiger partial charge in [0.15, 0.2) is 5.65 Å². The third-order valence-corrected chi connectivity index (χ3v) is 4.89. The van der Waals surface area contributed by atoms with Gasteiger partial charge in [0.05, 0.1) is 0 Å². The van der Waals surface area contributed by atoms with Crippen LogP contribution >= 0.6 is 0 Å². The maximum absolute atomic E-state index is 13.4. The molecule has 7 heteroatoms. The van der Waals surface area contributed by atoms with Crippen molar-refractivity contribution in [1.29, 1.82) is 0 Å². The fourth-order valence-corrected chi connectivity index (χ4v) is 3.32. The molecule has 0 amide bonds. The molecule has 4 rings (SSSR count). The molecule has 1 aliphatic carbocycles. The first-order valence-corrected chi connectivity index (χ1v) is 8.52. The summed E-state index contributed by atoms with van der Waals surface area (Å²) in [5, 5.41) is 2.27. The minimum absolute atomic E-state index is 0.106. The van der Waals surface area contributed by atoms with Gasteiger partial charge >= 0.3 is 6.18 Å². The number of aromatic amines is 1. The first-order chi connectivity index (χ1) is 12.3. The van der Waals surface area contributed by atoms with Crippen molar-refractivity contribution in [3.05, 3.63) is 68.3 Å². The summed E-state index contributed by atoms with van der Waals surface area (Å²) in [6.45, 7) is 3.65. The van der Waals surface area contributed by atoms with E-state index < -0.39 is 17.4 Å². The third-order valence-electron chi connectivity index (χ3n) is 4.89. The van der Waals surface area contributed by atoms with Gasteiger partial charge in [0.1, 0.15) is 5.69 Å². The number of hydrogen-bond donors (Lipinski definition) is 1. The maximum Gasteiger partial charge on any atom is 0.433 e. The second kappa shape index (κ2) is 5.72. The summed E-state index contributed by atoms with van der Waals surface area (Å²) < 4.78 is 41.2. The highest BCUT2D eigenvalue weighted by molar-refractivity contribution is 5.55. The monoisotopic (exact) mass is 361 g/mol. The average Bonchev–Trinajstić information content (AvgIpc) is 3.33. The van der Waals surface area contributed by atoms with Gasteiger partial charge in [0.25, 0.3) is 5.56 Å². The molecule has 1 saturated carbocycles. The highest BCUT2D eigenvalue weighted by Crippen LogP contribution is 2.46. The molecule has 0 unspecified atom stereocenters. The van der Waals surface area contributed by atoms with Gasteiger partial charge in [-0.25, -0.2) is 9.50 Å². The van der Waals surface area contributed by atoms with E-state index in [-0.39, 0.29) is 17.1 Å². The minimum atomic E-state index is -4.54. The summed E-state index contributed by atoms with van der Waals surface area (Å²) in [6.07, 6.45) is -2.82. The number of halogens is 3. The van der Waals surface area contributed by atoms with Crippen LogP contribution in [-0.2, 0) is 12.6 Å². The molecule has 3 aromatic rings. The molecule has 1 fully saturated rings. The number of H-pyrrole nitrogens is 1. The highest BCUT2D eigenvalue weighted by Gasteiger charge is 2.42. The Kier molecular flexibility index (Phi) is 3.71. The fraction of sp³-hybridized carbons (Fsp3) is 0.368. The minimum Gasteiger partial charge on any atom is -0.285 e. The number of nitrogens with zero attached hydrogens (tertiary/aromatic N) is 2. The Morgan fingerprint density at radius 3 is 2.42 bits per heavy atom. The first-order valence-electron chi connectivity index (χ1n) is 8.52. The topological polar surface area (TPSA) is 50.2 Å². The number of hydrogen-bond acceptors (Lipinski definition) is 2. The van der Waals surface area contributed by atoms with Crippen LogP contribution in [0.2, 0.25) is 0 Å². The molecule has 1 aliphatic rings. The Morgan fingerprint density at radius 2 is 1.85 bits per heavy atom. The average molecular weight is 361 g/mol. The van der Waals surface area contributed by atoms with Gasteiger partial charge in [-0.2, -0.15) is 13.2 Å². The lowest BCUT2D eigenvalue weighted by Crippen LogP contribution is -2.22. The summed E-state index contributed by atoms with van der Waals surface area (Å²) in [4.78, 5) is 17.3. The molecule has 2 heterocycles. The second-order valence-electron chi connectivity index (χ2n) is 6.97. The zero-order valence-electron chi connectivity index (χ0n) is 14.4. The molecule has 0 saturated heterocycles. The van der Waals surface area contributed by atoms with Crippen molar-refractivity contribution in [2.24, 2.45) is 0 Å². The van der Waals surface area contributed by atoms with Crippen molar-refractivity contribution in [2.45, 2.75) is 45.2 Å². The summed E-state index contributed by atoms with van der Waals surface area (Å²) in [6, 6.07) is 7.70. The van der Waals surface area contributed by atoms with Crippen LogP contribution < -0.4 is 5.56 Å². The molecule has 0 bridgehead atoms. The van der Waals surface area contributed by atoms with E-state index >= 15 is 0 Å². The molecule has 0 atom stereocenters. The van der Waals surface area contributed by atoms with Crippen molar-refractivity contribution in [2.75, 3.05) is 0 Å². The van der Waals surface area contributed by atoms with Crippen LogP contribution in [0.5, 0.6) is 0 Å². The molecule has 0 aliphatic heterocycles. The van der Waals surface area contributed by atoms with Gasteiger partial charge in [0.2, 0.25) is 0 Å². The largest absolute Gasteiger partial charge is 0.433 e. The van der Waals surface area contributed by atoms with E-state index in [2.05, 4.69) is 10.1 Å². The van der Waals surface area contributed by atoms with Gasteiger partial charge in [-0.05, 0) is 38.2 Å². The van der Waals surface area contributed by atoms with Crippen LogP contribution in [0.15, 0.2) is 29.1 Å². The number of fused-ring (bicyclic) bond motifs is 1. The van der Waals surface area contributed by atoms with Crippen molar-refractivity contribution in [3.63, 3.8) is 0 Å². The molecule has 2 aromatic heterocycles. The highest BCUT2D eigenvalue weighted by atomic mass is 19.4. The van der Waals surface area contributed by atoms with E-state index in [9.17, 15) is 18.0 Å². The number of rotatable bonds is 3. The summed E-state index contributed by atoms with van der Waals surface area (Å²) in [7, 11) is 0. The lowest BCUT2D eigenvalue weighted by atomic mass is 10.0. The summed E-state index contributed by atoms with van der Waals surface area (Å²) in [5.74, 6) is -0.179. The molecule has 1 aromatic carbocycles. The van der Waals surface area contributed by atoms with Crippen molar-refractivity contribution < 1.29 is 13.2 Å². The van der Waals surface area contributed by atoms with E-state index in [1.807, 2.05) is 31.2 Å². The smallest absolute Gasteiger partial charge is 0.285 e. The van der Waals surface area contributed by atoms with Gasteiger partial charge in [0, 0.05) is 23.2 Å². The molecule has 4 nitrogen and oxygen atoms in total. The lowest BCUT2D eigenvalue weighted by molar-refractivity contribution is -0.141. The third kappa shape index (κ3) is 2.81. The fourth-order valence-electron chi connectivity index (χ4n) is 3.32. The zero-order valence-corrected chi connectivity index (χ0v) is 14.4.